The molecular weight excluding hydrogens is 314 g/mol. The lowest BCUT2D eigenvalue weighted by Crippen LogP contribution is -2.48. The fraction of sp³-hybridized carbons (Fsp3) is 0.600. The van der Waals surface area contributed by atoms with Crippen LogP contribution in [0.15, 0.2) is 24.3 Å². The number of carbonyl (C=O) groups is 2. The number of anilines is 1. The molecule has 134 valence electrons. The molecule has 1 aromatic rings. The number of nitrogens with zero attached hydrogens (tertiary/aromatic N) is 3. The van der Waals surface area contributed by atoms with Crippen LogP contribution in [-0.4, -0.2) is 61.4 Å². The number of hydrogen-bond acceptors (Lipinski definition) is 3. The molecule has 3 heterocycles. The van der Waals surface area contributed by atoms with E-state index in [-0.39, 0.29) is 23.8 Å². The minimum Gasteiger partial charge on any atom is -0.377 e. The molecule has 3 saturated heterocycles. The first-order valence-corrected chi connectivity index (χ1v) is 9.40. The molecule has 0 spiro atoms. The zero-order valence-corrected chi connectivity index (χ0v) is 15.1. The van der Waals surface area contributed by atoms with Crippen LogP contribution in [0.3, 0.4) is 0 Å². The Hall–Kier alpha value is -2.04. The fourth-order valence-electron chi connectivity index (χ4n) is 4.24. The number of piperidine rings is 1. The third kappa shape index (κ3) is 3.12. The number of carbonyl (C=O) groups excluding carboxylic acids is 2. The number of amides is 2. The minimum atomic E-state index is -0.0204. The van der Waals surface area contributed by atoms with Crippen LogP contribution in [-0.2, 0) is 4.79 Å². The van der Waals surface area contributed by atoms with Gasteiger partial charge in [0, 0.05) is 45.5 Å². The summed E-state index contributed by atoms with van der Waals surface area (Å²) in [6, 6.07) is 7.94. The Labute approximate surface area is 149 Å². The monoisotopic (exact) mass is 341 g/mol. The van der Waals surface area contributed by atoms with Gasteiger partial charge in [-0.05, 0) is 43.7 Å². The van der Waals surface area contributed by atoms with Crippen molar-refractivity contribution in [1.82, 2.24) is 9.80 Å². The first-order valence-electron chi connectivity index (χ1n) is 9.40. The van der Waals surface area contributed by atoms with Crippen molar-refractivity contribution in [3.8, 4) is 0 Å². The standard InChI is InChI=1S/C20H27N3O2/c1-21(2)18-6-4-3-5-17(18)20(25)22-12-15-9-10-16(13-22)23(19(15)24)11-14-7-8-14/h3-6,14-16H,7-13H2,1-2H3. The Morgan fingerprint density at radius 1 is 1.12 bits per heavy atom. The van der Waals surface area contributed by atoms with Crippen molar-refractivity contribution in [3.05, 3.63) is 29.8 Å². The molecule has 5 heteroatoms. The summed E-state index contributed by atoms with van der Waals surface area (Å²) in [6.45, 7) is 2.14. The van der Waals surface area contributed by atoms with Crippen molar-refractivity contribution in [2.24, 2.45) is 11.8 Å². The van der Waals surface area contributed by atoms with Gasteiger partial charge in [0.05, 0.1) is 11.5 Å². The molecule has 5 nitrogen and oxygen atoms in total. The van der Waals surface area contributed by atoms with Crippen molar-refractivity contribution in [3.63, 3.8) is 0 Å². The normalized spacial score (nSPS) is 25.9. The van der Waals surface area contributed by atoms with E-state index in [0.717, 1.165) is 30.6 Å². The van der Waals surface area contributed by atoms with E-state index in [1.54, 1.807) is 0 Å². The Morgan fingerprint density at radius 3 is 2.60 bits per heavy atom. The van der Waals surface area contributed by atoms with Gasteiger partial charge < -0.3 is 14.7 Å². The van der Waals surface area contributed by atoms with E-state index in [1.165, 1.54) is 12.8 Å². The van der Waals surface area contributed by atoms with E-state index in [2.05, 4.69) is 4.90 Å². The smallest absolute Gasteiger partial charge is 0.256 e. The molecule has 1 aromatic carbocycles. The predicted molar refractivity (Wildman–Crippen MR) is 97.6 cm³/mol. The maximum Gasteiger partial charge on any atom is 0.256 e. The first-order chi connectivity index (χ1) is 12.0. The highest BCUT2D eigenvalue weighted by Gasteiger charge is 2.43. The van der Waals surface area contributed by atoms with Crippen molar-refractivity contribution in [2.75, 3.05) is 38.6 Å². The molecular formula is C20H27N3O2. The highest BCUT2D eigenvalue weighted by Crippen LogP contribution is 2.36. The molecule has 0 aromatic heterocycles. The fourth-order valence-corrected chi connectivity index (χ4v) is 4.24. The number of hydrogen-bond donors (Lipinski definition) is 0. The topological polar surface area (TPSA) is 43.9 Å². The maximum atomic E-state index is 13.2. The summed E-state index contributed by atoms with van der Waals surface area (Å²) < 4.78 is 0. The number of benzene rings is 1. The molecule has 25 heavy (non-hydrogen) atoms. The van der Waals surface area contributed by atoms with Crippen LogP contribution in [0.1, 0.15) is 36.0 Å². The second kappa shape index (κ2) is 6.36. The van der Waals surface area contributed by atoms with E-state index in [9.17, 15) is 9.59 Å². The largest absolute Gasteiger partial charge is 0.377 e. The molecule has 0 radical (unpaired) electrons. The van der Waals surface area contributed by atoms with Crippen molar-refractivity contribution in [1.29, 1.82) is 0 Å². The van der Waals surface area contributed by atoms with Gasteiger partial charge in [-0.25, -0.2) is 0 Å². The molecule has 2 unspecified atom stereocenters. The molecule has 3 aliphatic heterocycles. The van der Waals surface area contributed by atoms with Gasteiger partial charge in [0.15, 0.2) is 0 Å². The Bertz CT molecular complexity index is 683. The van der Waals surface area contributed by atoms with Crippen molar-refractivity contribution >= 4 is 17.5 Å². The van der Waals surface area contributed by atoms with E-state index >= 15 is 0 Å². The molecule has 5 rings (SSSR count). The van der Waals surface area contributed by atoms with E-state index in [1.807, 2.05) is 48.2 Å². The zero-order chi connectivity index (χ0) is 17.6. The number of para-hydroxylation sites is 1. The van der Waals surface area contributed by atoms with Crippen molar-refractivity contribution in [2.45, 2.75) is 31.7 Å². The SMILES string of the molecule is CN(C)c1ccccc1C(=O)N1CC2CCC(C1)N(CC1CC1)C2=O. The minimum absolute atomic E-state index is 0.0204. The molecule has 2 amide bonds. The Morgan fingerprint density at radius 2 is 1.88 bits per heavy atom. The van der Waals surface area contributed by atoms with Crippen LogP contribution in [0.2, 0.25) is 0 Å². The summed E-state index contributed by atoms with van der Waals surface area (Å²) in [7, 11) is 3.91. The number of fused-ring (bicyclic) bond motifs is 4. The van der Waals surface area contributed by atoms with Crippen LogP contribution >= 0.6 is 0 Å². The Balaban J connectivity index is 1.58. The summed E-state index contributed by atoms with van der Waals surface area (Å²) in [5.74, 6) is 1.01. The second-order valence-corrected chi connectivity index (χ2v) is 7.98. The molecule has 4 fully saturated rings. The van der Waals surface area contributed by atoms with Gasteiger partial charge in [-0.3, -0.25) is 9.59 Å². The molecule has 2 atom stereocenters. The average Bonchev–Trinajstić information content (AvgIpc) is 3.44. The van der Waals surface area contributed by atoms with Crippen LogP contribution in [0, 0.1) is 11.8 Å². The van der Waals surface area contributed by atoms with Gasteiger partial charge in [-0.2, -0.15) is 0 Å². The van der Waals surface area contributed by atoms with Gasteiger partial charge in [0.2, 0.25) is 5.91 Å². The van der Waals surface area contributed by atoms with E-state index < -0.39 is 0 Å². The summed E-state index contributed by atoms with van der Waals surface area (Å²) in [4.78, 5) is 32.0. The highest BCUT2D eigenvalue weighted by atomic mass is 16.2. The second-order valence-electron chi connectivity index (χ2n) is 7.98. The van der Waals surface area contributed by atoms with Crippen LogP contribution < -0.4 is 4.90 Å². The third-order valence-corrected chi connectivity index (χ3v) is 5.85. The highest BCUT2D eigenvalue weighted by molar-refractivity contribution is 6.00. The van der Waals surface area contributed by atoms with Gasteiger partial charge >= 0.3 is 0 Å². The summed E-state index contributed by atoms with van der Waals surface area (Å²) in [6.07, 6.45) is 4.45. The van der Waals surface area contributed by atoms with E-state index in [0.29, 0.717) is 19.0 Å². The Kier molecular flexibility index (Phi) is 4.18. The average molecular weight is 341 g/mol. The van der Waals surface area contributed by atoms with E-state index in [4.69, 9.17) is 0 Å². The van der Waals surface area contributed by atoms with Gasteiger partial charge in [0.1, 0.15) is 0 Å². The predicted octanol–water partition coefficient (Wildman–Crippen LogP) is 2.23. The molecule has 2 bridgehead atoms. The van der Waals surface area contributed by atoms with Crippen LogP contribution in [0.5, 0.6) is 0 Å². The van der Waals surface area contributed by atoms with Crippen LogP contribution in [0.25, 0.3) is 0 Å². The first kappa shape index (κ1) is 16.4. The van der Waals surface area contributed by atoms with Crippen LogP contribution in [0.4, 0.5) is 5.69 Å². The lowest BCUT2D eigenvalue weighted by molar-refractivity contribution is -0.140. The summed E-state index contributed by atoms with van der Waals surface area (Å²) in [5, 5.41) is 0. The summed E-state index contributed by atoms with van der Waals surface area (Å²) >= 11 is 0. The third-order valence-electron chi connectivity index (χ3n) is 5.85. The molecule has 0 N–H and O–H groups in total. The quantitative estimate of drug-likeness (QED) is 0.843. The molecule has 4 aliphatic rings. The maximum absolute atomic E-state index is 13.2. The number of rotatable bonds is 4. The van der Waals surface area contributed by atoms with Gasteiger partial charge in [-0.15, -0.1) is 0 Å². The molecule has 1 saturated carbocycles. The molecule has 1 aliphatic carbocycles. The summed E-state index contributed by atoms with van der Waals surface area (Å²) in [5.41, 5.74) is 1.67. The lowest BCUT2D eigenvalue weighted by atomic mass is 9.94. The zero-order valence-electron chi connectivity index (χ0n) is 15.1. The van der Waals surface area contributed by atoms with Gasteiger partial charge in [0.25, 0.3) is 5.91 Å². The van der Waals surface area contributed by atoms with Crippen molar-refractivity contribution < 1.29 is 9.59 Å². The van der Waals surface area contributed by atoms with Gasteiger partial charge in [-0.1, -0.05) is 12.1 Å². The lowest BCUT2D eigenvalue weighted by Gasteiger charge is -2.36.